The van der Waals surface area contributed by atoms with Crippen LogP contribution in [-0.2, 0) is 24.0 Å². The highest BCUT2D eigenvalue weighted by Crippen LogP contribution is 2.43. The van der Waals surface area contributed by atoms with Crippen molar-refractivity contribution in [3.8, 4) is 16.9 Å². The fourth-order valence-electron chi connectivity index (χ4n) is 4.37. The Morgan fingerprint density at radius 1 is 0.941 bits per heavy atom. The van der Waals surface area contributed by atoms with E-state index in [9.17, 15) is 26.7 Å². The van der Waals surface area contributed by atoms with Gasteiger partial charge in [0.1, 0.15) is 12.4 Å². The van der Waals surface area contributed by atoms with Crippen LogP contribution in [-0.4, -0.2) is 17.0 Å². The maximum absolute atomic E-state index is 14.2. The van der Waals surface area contributed by atoms with E-state index in [1.54, 1.807) is 24.3 Å². The van der Waals surface area contributed by atoms with Gasteiger partial charge < -0.3 is 9.84 Å². The van der Waals surface area contributed by atoms with Crippen molar-refractivity contribution in [3.63, 3.8) is 0 Å². The second kappa shape index (κ2) is 9.08. The average molecular weight is 476 g/mol. The number of benzene rings is 3. The predicted octanol–water partition coefficient (Wildman–Crippen LogP) is 7.09. The molecule has 1 aliphatic carbocycles. The molecule has 0 spiro atoms. The van der Waals surface area contributed by atoms with Gasteiger partial charge in [0, 0.05) is 5.56 Å². The molecule has 3 aromatic carbocycles. The number of carboxylic acid groups (broad SMARTS) is 1. The predicted molar refractivity (Wildman–Crippen MR) is 116 cm³/mol. The number of aryl methyl sites for hydroxylation is 1. The van der Waals surface area contributed by atoms with Gasteiger partial charge >= 0.3 is 18.1 Å². The van der Waals surface area contributed by atoms with Gasteiger partial charge in [0.2, 0.25) is 0 Å². The van der Waals surface area contributed by atoms with E-state index in [1.165, 1.54) is 30.3 Å². The largest absolute Gasteiger partial charge is 0.489 e. The van der Waals surface area contributed by atoms with E-state index in [2.05, 4.69) is 0 Å². The van der Waals surface area contributed by atoms with E-state index in [1.807, 2.05) is 6.07 Å². The molecule has 1 unspecified atom stereocenters. The van der Waals surface area contributed by atoms with Gasteiger partial charge in [-0.15, -0.1) is 0 Å². The third-order valence-electron chi connectivity index (χ3n) is 6.06. The Morgan fingerprint density at radius 3 is 2.35 bits per heavy atom. The Labute approximate surface area is 192 Å². The lowest BCUT2D eigenvalue weighted by Crippen LogP contribution is -2.37. The highest BCUT2D eigenvalue weighted by Gasteiger charge is 2.49. The van der Waals surface area contributed by atoms with Crippen molar-refractivity contribution < 1.29 is 36.6 Å². The lowest BCUT2D eigenvalue weighted by molar-refractivity contribution is -0.169. The lowest BCUT2D eigenvalue weighted by atomic mass is 9.79. The van der Waals surface area contributed by atoms with Crippen molar-refractivity contribution in [2.45, 2.75) is 43.9 Å². The number of hydrogen-bond acceptors (Lipinski definition) is 2. The SMILES string of the molecule is O=C(O)C(F)(F)C1CCCc2cc(OCc3cc(-c4ccccc4)ccc3C(F)(F)F)ccc21. The summed E-state index contributed by atoms with van der Waals surface area (Å²) in [6.45, 7) is -0.372. The van der Waals surface area contributed by atoms with E-state index in [-0.39, 0.29) is 29.9 Å². The van der Waals surface area contributed by atoms with Gasteiger partial charge in [0.25, 0.3) is 0 Å². The molecule has 0 aromatic heterocycles. The third-order valence-corrected chi connectivity index (χ3v) is 6.06. The first-order valence-corrected chi connectivity index (χ1v) is 10.7. The van der Waals surface area contributed by atoms with Crippen LogP contribution in [0.15, 0.2) is 66.7 Å². The molecule has 0 heterocycles. The molecule has 178 valence electrons. The Balaban J connectivity index is 1.61. The Hall–Kier alpha value is -3.42. The monoisotopic (exact) mass is 476 g/mol. The molecular weight excluding hydrogens is 455 g/mol. The zero-order chi connectivity index (χ0) is 24.5. The second-order valence-corrected chi connectivity index (χ2v) is 8.26. The van der Waals surface area contributed by atoms with Gasteiger partial charge in [0.15, 0.2) is 0 Å². The van der Waals surface area contributed by atoms with Crippen LogP contribution in [0, 0.1) is 0 Å². The lowest BCUT2D eigenvalue weighted by Gasteiger charge is -2.30. The average Bonchev–Trinajstić information content (AvgIpc) is 2.81. The second-order valence-electron chi connectivity index (χ2n) is 8.26. The Kier molecular flexibility index (Phi) is 6.34. The molecule has 8 heteroatoms. The van der Waals surface area contributed by atoms with Gasteiger partial charge in [-0.2, -0.15) is 22.0 Å². The third kappa shape index (κ3) is 4.76. The molecule has 0 aliphatic heterocycles. The summed E-state index contributed by atoms with van der Waals surface area (Å²) in [7, 11) is 0. The maximum Gasteiger partial charge on any atom is 0.416 e. The number of aliphatic carboxylic acids is 1. The molecule has 1 N–H and O–H groups in total. The van der Waals surface area contributed by atoms with Crippen LogP contribution in [0.3, 0.4) is 0 Å². The van der Waals surface area contributed by atoms with E-state index in [4.69, 9.17) is 9.84 Å². The van der Waals surface area contributed by atoms with Gasteiger partial charge in [0.05, 0.1) is 11.5 Å². The van der Waals surface area contributed by atoms with Crippen LogP contribution in [0.5, 0.6) is 5.75 Å². The molecule has 4 rings (SSSR count). The number of carboxylic acids is 1. The Morgan fingerprint density at radius 2 is 1.68 bits per heavy atom. The van der Waals surface area contributed by atoms with Crippen LogP contribution in [0.4, 0.5) is 22.0 Å². The first-order valence-electron chi connectivity index (χ1n) is 10.7. The Bertz CT molecular complexity index is 1190. The van der Waals surface area contributed by atoms with Crippen molar-refractivity contribution >= 4 is 5.97 Å². The fraction of sp³-hybridized carbons (Fsp3) is 0.269. The number of fused-ring (bicyclic) bond motifs is 1. The zero-order valence-electron chi connectivity index (χ0n) is 17.9. The summed E-state index contributed by atoms with van der Waals surface area (Å²) < 4.78 is 74.7. The van der Waals surface area contributed by atoms with E-state index in [0.29, 0.717) is 24.0 Å². The summed E-state index contributed by atoms with van der Waals surface area (Å²) in [5.41, 5.74) is 1.25. The summed E-state index contributed by atoms with van der Waals surface area (Å²) in [5.74, 6) is -7.31. The van der Waals surface area contributed by atoms with E-state index in [0.717, 1.165) is 11.6 Å². The number of ether oxygens (including phenoxy) is 1. The van der Waals surface area contributed by atoms with Crippen molar-refractivity contribution in [1.29, 1.82) is 0 Å². The first kappa shape index (κ1) is 23.7. The van der Waals surface area contributed by atoms with E-state index >= 15 is 0 Å². The molecule has 34 heavy (non-hydrogen) atoms. The number of alkyl halides is 5. The van der Waals surface area contributed by atoms with Crippen molar-refractivity contribution in [1.82, 2.24) is 0 Å². The highest BCUT2D eigenvalue weighted by molar-refractivity contribution is 5.77. The van der Waals surface area contributed by atoms with Gasteiger partial charge in [-0.3, -0.25) is 0 Å². The standard InChI is InChI=1S/C26H21F5O3/c27-25(28,24(32)33)23-8-4-7-18-14-20(10-11-21(18)23)34-15-19-13-17(16-5-2-1-3-6-16)9-12-22(19)26(29,30)31/h1-3,5-6,9-14,23H,4,7-8,15H2,(H,32,33). The fourth-order valence-corrected chi connectivity index (χ4v) is 4.37. The zero-order valence-corrected chi connectivity index (χ0v) is 17.9. The number of hydrogen-bond donors (Lipinski definition) is 1. The number of carbonyl (C=O) groups is 1. The van der Waals surface area contributed by atoms with Crippen molar-refractivity contribution in [2.75, 3.05) is 0 Å². The van der Waals surface area contributed by atoms with Gasteiger partial charge in [-0.1, -0.05) is 42.5 Å². The first-order chi connectivity index (χ1) is 16.1. The van der Waals surface area contributed by atoms with Crippen molar-refractivity contribution in [3.05, 3.63) is 89.0 Å². The molecule has 1 aliphatic rings. The molecule has 0 fully saturated rings. The summed E-state index contributed by atoms with van der Waals surface area (Å²) in [6.07, 6.45) is -3.70. The molecule has 3 aromatic rings. The van der Waals surface area contributed by atoms with E-state index < -0.39 is 29.5 Å². The normalized spacial score (nSPS) is 16.1. The minimum Gasteiger partial charge on any atom is -0.489 e. The summed E-state index contributed by atoms with van der Waals surface area (Å²) >= 11 is 0. The molecule has 1 atom stereocenters. The summed E-state index contributed by atoms with van der Waals surface area (Å²) in [5, 5.41) is 8.91. The quantitative estimate of drug-likeness (QED) is 0.387. The highest BCUT2D eigenvalue weighted by atomic mass is 19.4. The minimum absolute atomic E-state index is 0.0354. The van der Waals surface area contributed by atoms with Crippen LogP contribution >= 0.6 is 0 Å². The smallest absolute Gasteiger partial charge is 0.416 e. The topological polar surface area (TPSA) is 46.5 Å². The molecule has 0 bridgehead atoms. The molecular formula is C26H21F5O3. The van der Waals surface area contributed by atoms with Gasteiger partial charge in [-0.05, 0) is 65.8 Å². The molecule has 0 saturated carbocycles. The van der Waals surface area contributed by atoms with Crippen LogP contribution in [0.1, 0.15) is 41.0 Å². The van der Waals surface area contributed by atoms with Crippen LogP contribution < -0.4 is 4.74 Å². The maximum atomic E-state index is 14.2. The summed E-state index contributed by atoms with van der Waals surface area (Å²) in [6, 6.07) is 17.1. The molecule has 0 radical (unpaired) electrons. The molecule has 3 nitrogen and oxygen atoms in total. The number of rotatable bonds is 6. The number of halogens is 5. The van der Waals surface area contributed by atoms with Crippen LogP contribution in [0.25, 0.3) is 11.1 Å². The summed E-state index contributed by atoms with van der Waals surface area (Å²) in [4.78, 5) is 11.0. The van der Waals surface area contributed by atoms with Crippen molar-refractivity contribution in [2.24, 2.45) is 0 Å². The van der Waals surface area contributed by atoms with Crippen LogP contribution in [0.2, 0.25) is 0 Å². The minimum atomic E-state index is -4.57. The van der Waals surface area contributed by atoms with Gasteiger partial charge in [-0.25, -0.2) is 4.79 Å². The molecule has 0 saturated heterocycles. The molecule has 0 amide bonds.